The quantitative estimate of drug-likeness (QED) is 0.453. The molecule has 0 saturated carbocycles. The second kappa shape index (κ2) is 12.9. The van der Waals surface area contributed by atoms with Gasteiger partial charge in [-0.15, -0.1) is 0 Å². The summed E-state index contributed by atoms with van der Waals surface area (Å²) in [4.78, 5) is 11.9. The van der Waals surface area contributed by atoms with Crippen molar-refractivity contribution in [3.63, 3.8) is 0 Å². The van der Waals surface area contributed by atoms with Crippen LogP contribution in [0.2, 0.25) is 0 Å². The Labute approximate surface area is 157 Å². The lowest BCUT2D eigenvalue weighted by Gasteiger charge is -2.18. The largest absolute Gasteiger partial charge is 0.392 e. The summed E-state index contributed by atoms with van der Waals surface area (Å²) in [6, 6.07) is 9.93. The van der Waals surface area contributed by atoms with Crippen molar-refractivity contribution < 1.29 is 9.90 Å². The van der Waals surface area contributed by atoms with Crippen LogP contribution in [0, 0.1) is 5.92 Å². The highest BCUT2D eigenvalue weighted by Crippen LogP contribution is 2.20. The third kappa shape index (κ3) is 9.62. The lowest BCUT2D eigenvalue weighted by atomic mass is 9.92. The van der Waals surface area contributed by atoms with Gasteiger partial charge in [-0.1, -0.05) is 86.3 Å². The summed E-state index contributed by atoms with van der Waals surface area (Å²) < 4.78 is 0. The zero-order valence-electron chi connectivity index (χ0n) is 15.5. The summed E-state index contributed by atoms with van der Waals surface area (Å²) in [5.74, 6) is -0.392. The van der Waals surface area contributed by atoms with Crippen molar-refractivity contribution in [1.29, 1.82) is 0 Å². The van der Waals surface area contributed by atoms with Gasteiger partial charge in [0.05, 0.1) is 6.10 Å². The number of rotatable bonds is 12. The molecular weight excluding hydrogens is 332 g/mol. The predicted molar refractivity (Wildman–Crippen MR) is 108 cm³/mol. The van der Waals surface area contributed by atoms with Gasteiger partial charge in [0, 0.05) is 11.0 Å². The molecule has 25 heavy (non-hydrogen) atoms. The Balaban J connectivity index is 2.49. The van der Waals surface area contributed by atoms with Crippen LogP contribution >= 0.6 is 11.6 Å². The van der Waals surface area contributed by atoms with Crippen LogP contribution in [0.1, 0.15) is 64.4 Å². The number of Topliss-reactive ketones (excluding diaryl/α,β-unsaturated/α-hetero) is 1. The van der Waals surface area contributed by atoms with Crippen molar-refractivity contribution in [2.24, 2.45) is 5.92 Å². The van der Waals surface area contributed by atoms with Gasteiger partial charge in [0.25, 0.3) is 0 Å². The van der Waals surface area contributed by atoms with Crippen molar-refractivity contribution in [2.45, 2.75) is 64.9 Å². The van der Waals surface area contributed by atoms with E-state index in [1.807, 2.05) is 48.6 Å². The van der Waals surface area contributed by atoms with Gasteiger partial charge >= 0.3 is 0 Å². The molecule has 0 heterocycles. The highest BCUT2D eigenvalue weighted by molar-refractivity contribution is 6.29. The Morgan fingerprint density at radius 3 is 2.52 bits per heavy atom. The van der Waals surface area contributed by atoms with E-state index in [4.69, 9.17) is 11.6 Å². The van der Waals surface area contributed by atoms with Crippen molar-refractivity contribution in [2.75, 3.05) is 0 Å². The zero-order valence-corrected chi connectivity index (χ0v) is 16.2. The Morgan fingerprint density at radius 1 is 1.16 bits per heavy atom. The molecule has 0 aliphatic rings. The first-order valence-corrected chi connectivity index (χ1v) is 9.67. The third-order valence-corrected chi connectivity index (χ3v) is 4.68. The third-order valence-electron chi connectivity index (χ3n) is 4.34. The summed E-state index contributed by atoms with van der Waals surface area (Å²) in [7, 11) is 0. The Bertz CT molecular complexity index is 548. The summed E-state index contributed by atoms with van der Waals surface area (Å²) in [6.45, 7) is 3.72. The zero-order chi connectivity index (χ0) is 18.5. The molecule has 3 heteroatoms. The fourth-order valence-electron chi connectivity index (χ4n) is 2.74. The summed E-state index contributed by atoms with van der Waals surface area (Å²) >= 11 is 6.25. The van der Waals surface area contributed by atoms with E-state index < -0.39 is 12.0 Å². The SMILES string of the molecule is CCCCCC/C(Cl)=C\CC(C(C)=O)C(O)C/C=C/c1ccccc1. The molecular formula is C22H31ClO2. The summed E-state index contributed by atoms with van der Waals surface area (Å²) in [5, 5.41) is 11.2. The maximum absolute atomic E-state index is 11.9. The van der Waals surface area contributed by atoms with Crippen LogP contribution in [0.4, 0.5) is 0 Å². The normalized spacial score (nSPS) is 14.6. The number of halogens is 1. The lowest BCUT2D eigenvalue weighted by Crippen LogP contribution is -2.25. The lowest BCUT2D eigenvalue weighted by molar-refractivity contribution is -0.123. The van der Waals surface area contributed by atoms with Crippen LogP contribution in [0.3, 0.4) is 0 Å². The number of allylic oxidation sites excluding steroid dienone is 2. The number of hydrogen-bond donors (Lipinski definition) is 1. The molecule has 0 radical (unpaired) electrons. The number of carbonyl (C=O) groups is 1. The fraction of sp³-hybridized carbons (Fsp3) is 0.500. The topological polar surface area (TPSA) is 37.3 Å². The number of aliphatic hydroxyl groups excluding tert-OH is 1. The maximum atomic E-state index is 11.9. The highest BCUT2D eigenvalue weighted by Gasteiger charge is 2.21. The number of hydrogen-bond acceptors (Lipinski definition) is 2. The van der Waals surface area contributed by atoms with Crippen LogP contribution in [-0.4, -0.2) is 17.0 Å². The minimum Gasteiger partial charge on any atom is -0.392 e. The molecule has 0 aliphatic heterocycles. The van der Waals surface area contributed by atoms with Gasteiger partial charge in [0.2, 0.25) is 0 Å². The van der Waals surface area contributed by atoms with Gasteiger partial charge in [-0.3, -0.25) is 4.79 Å². The van der Waals surface area contributed by atoms with Crippen molar-refractivity contribution in [1.82, 2.24) is 0 Å². The second-order valence-electron chi connectivity index (χ2n) is 6.53. The molecule has 1 rings (SSSR count). The van der Waals surface area contributed by atoms with Crippen molar-refractivity contribution in [3.05, 3.63) is 53.1 Å². The minimum absolute atomic E-state index is 0.00677. The molecule has 2 atom stereocenters. The Hall–Kier alpha value is -1.38. The first kappa shape index (κ1) is 21.7. The molecule has 0 saturated heterocycles. The van der Waals surface area contributed by atoms with E-state index in [1.54, 1.807) is 0 Å². The number of ketones is 1. The molecule has 1 aromatic rings. The van der Waals surface area contributed by atoms with Crippen molar-refractivity contribution in [3.8, 4) is 0 Å². The molecule has 1 N–H and O–H groups in total. The van der Waals surface area contributed by atoms with Crippen LogP contribution in [0.25, 0.3) is 6.08 Å². The van der Waals surface area contributed by atoms with E-state index in [1.165, 1.54) is 26.2 Å². The molecule has 2 unspecified atom stereocenters. The van der Waals surface area contributed by atoms with Gasteiger partial charge < -0.3 is 5.11 Å². The van der Waals surface area contributed by atoms with Gasteiger partial charge in [-0.2, -0.15) is 0 Å². The standard InChI is InChI=1S/C22H31ClO2/c1-3-4-5-9-14-20(23)16-17-21(18(2)24)22(25)15-10-13-19-11-7-6-8-12-19/h6-8,10-13,16,21-22,25H,3-5,9,14-15,17H2,1-2H3/b13-10+,20-16+. The number of unbranched alkanes of at least 4 members (excludes halogenated alkanes) is 3. The first-order chi connectivity index (χ1) is 12.0. The van der Waals surface area contributed by atoms with Crippen LogP contribution < -0.4 is 0 Å². The second-order valence-corrected chi connectivity index (χ2v) is 7.02. The van der Waals surface area contributed by atoms with Gasteiger partial charge in [0.1, 0.15) is 5.78 Å². The van der Waals surface area contributed by atoms with Gasteiger partial charge in [-0.25, -0.2) is 0 Å². The molecule has 0 spiro atoms. The monoisotopic (exact) mass is 362 g/mol. The highest BCUT2D eigenvalue weighted by atomic mass is 35.5. The summed E-state index contributed by atoms with van der Waals surface area (Å²) in [5.41, 5.74) is 1.09. The fourth-order valence-corrected chi connectivity index (χ4v) is 2.97. The maximum Gasteiger partial charge on any atom is 0.135 e. The Kier molecular flexibility index (Phi) is 11.2. The smallest absolute Gasteiger partial charge is 0.135 e. The van der Waals surface area contributed by atoms with Gasteiger partial charge in [0.15, 0.2) is 0 Å². The molecule has 0 bridgehead atoms. The van der Waals surface area contributed by atoms with E-state index >= 15 is 0 Å². The molecule has 2 nitrogen and oxygen atoms in total. The molecule has 0 amide bonds. The number of aliphatic hydroxyl groups is 1. The van der Waals surface area contributed by atoms with Crippen LogP contribution in [0.5, 0.6) is 0 Å². The number of benzene rings is 1. The van der Waals surface area contributed by atoms with Crippen LogP contribution in [-0.2, 0) is 4.79 Å². The van der Waals surface area contributed by atoms with E-state index in [0.717, 1.165) is 23.4 Å². The molecule has 1 aromatic carbocycles. The predicted octanol–water partition coefficient (Wildman–Crippen LogP) is 6.14. The van der Waals surface area contributed by atoms with Gasteiger partial charge in [-0.05, 0) is 38.2 Å². The summed E-state index contributed by atoms with van der Waals surface area (Å²) in [6.07, 6.45) is 11.6. The first-order valence-electron chi connectivity index (χ1n) is 9.29. The van der Waals surface area contributed by atoms with E-state index in [2.05, 4.69) is 6.92 Å². The molecule has 0 fully saturated rings. The minimum atomic E-state index is -0.682. The molecule has 0 aromatic heterocycles. The van der Waals surface area contributed by atoms with Crippen molar-refractivity contribution >= 4 is 23.5 Å². The Morgan fingerprint density at radius 2 is 1.88 bits per heavy atom. The van der Waals surface area contributed by atoms with E-state index in [0.29, 0.717) is 12.8 Å². The molecule has 138 valence electrons. The average Bonchev–Trinajstić information content (AvgIpc) is 2.59. The van der Waals surface area contributed by atoms with Crippen LogP contribution in [0.15, 0.2) is 47.5 Å². The molecule has 0 aliphatic carbocycles. The van der Waals surface area contributed by atoms with E-state index in [9.17, 15) is 9.90 Å². The van der Waals surface area contributed by atoms with E-state index in [-0.39, 0.29) is 5.78 Å². The average molecular weight is 363 g/mol. The number of carbonyl (C=O) groups excluding carboxylic acids is 1.